The zero-order chi connectivity index (χ0) is 20.9. The first-order chi connectivity index (χ1) is 13.9. The zero-order valence-corrected chi connectivity index (χ0v) is 17.6. The number of ether oxygens (including phenoxy) is 1. The van der Waals surface area contributed by atoms with E-state index in [1.54, 1.807) is 48.5 Å². The fourth-order valence-electron chi connectivity index (χ4n) is 2.42. The average molecular weight is 514 g/mol. The molecule has 0 aliphatic carbocycles. The van der Waals surface area contributed by atoms with Gasteiger partial charge in [0, 0.05) is 15.5 Å². The molecule has 0 radical (unpaired) electrons. The molecule has 0 saturated carbocycles. The van der Waals surface area contributed by atoms with E-state index in [2.05, 4.69) is 20.6 Å². The monoisotopic (exact) mass is 514 g/mol. The fraction of sp³-hybridized carbons (Fsp3) is 0.200. The van der Waals surface area contributed by atoms with Gasteiger partial charge in [0.2, 0.25) is 5.95 Å². The van der Waals surface area contributed by atoms with Crippen LogP contribution in [0.25, 0.3) is 0 Å². The van der Waals surface area contributed by atoms with Crippen molar-refractivity contribution in [2.75, 3.05) is 17.2 Å². The molecule has 2 aromatic carbocycles. The smallest absolute Gasteiger partial charge is 0.421 e. The summed E-state index contributed by atoms with van der Waals surface area (Å²) in [6.45, 7) is 2.63. The van der Waals surface area contributed by atoms with Crippen LogP contribution in [0.2, 0.25) is 0 Å². The molecule has 2 N–H and O–H groups in total. The molecule has 9 heteroatoms. The quantitative estimate of drug-likeness (QED) is 0.359. The van der Waals surface area contributed by atoms with Crippen LogP contribution in [0, 0.1) is 3.57 Å². The topological polar surface area (TPSA) is 59.1 Å². The van der Waals surface area contributed by atoms with Crippen molar-refractivity contribution in [2.24, 2.45) is 0 Å². The minimum atomic E-state index is -4.58. The van der Waals surface area contributed by atoms with Crippen LogP contribution >= 0.6 is 22.6 Å². The Kier molecular flexibility index (Phi) is 6.78. The van der Waals surface area contributed by atoms with E-state index < -0.39 is 11.7 Å². The van der Waals surface area contributed by atoms with E-state index >= 15 is 0 Å². The van der Waals surface area contributed by atoms with Crippen molar-refractivity contribution in [1.29, 1.82) is 0 Å². The summed E-state index contributed by atoms with van der Waals surface area (Å²) in [7, 11) is 0. The molecule has 0 aliphatic rings. The zero-order valence-electron chi connectivity index (χ0n) is 15.4. The standard InChI is InChI=1S/C20H18F3IN4O/c1-2-11-29-14-9-7-13(8-10-14)26-19-25-12-15(20(21,22)23)18(28-19)27-17-6-4-3-5-16(17)24/h3-10,12H,2,11H2,1H3,(H2,25,26,27,28). The van der Waals surface area contributed by atoms with E-state index in [-0.39, 0.29) is 11.8 Å². The molecule has 0 saturated heterocycles. The molecular weight excluding hydrogens is 496 g/mol. The van der Waals surface area contributed by atoms with Crippen LogP contribution in [0.3, 0.4) is 0 Å². The molecule has 0 unspecified atom stereocenters. The molecule has 0 bridgehead atoms. The van der Waals surface area contributed by atoms with Gasteiger partial charge in [-0.3, -0.25) is 0 Å². The molecule has 0 aliphatic heterocycles. The number of nitrogens with zero attached hydrogens (tertiary/aromatic N) is 2. The molecule has 3 aromatic rings. The Bertz CT molecular complexity index is 965. The first kappa shape index (κ1) is 21.2. The maximum absolute atomic E-state index is 13.4. The number of anilines is 4. The number of hydrogen-bond acceptors (Lipinski definition) is 5. The molecule has 3 rings (SSSR count). The van der Waals surface area contributed by atoms with Gasteiger partial charge in [-0.15, -0.1) is 0 Å². The lowest BCUT2D eigenvalue weighted by Gasteiger charge is -2.15. The fourth-order valence-corrected chi connectivity index (χ4v) is 2.94. The maximum Gasteiger partial charge on any atom is 0.421 e. The molecule has 0 fully saturated rings. The second-order valence-electron chi connectivity index (χ2n) is 6.06. The third kappa shape index (κ3) is 5.72. The normalized spacial score (nSPS) is 11.2. The number of benzene rings is 2. The van der Waals surface area contributed by atoms with Crippen molar-refractivity contribution >= 4 is 45.7 Å². The summed E-state index contributed by atoms with van der Waals surface area (Å²) in [5, 5.41) is 5.69. The summed E-state index contributed by atoms with van der Waals surface area (Å²) in [6.07, 6.45) is -2.92. The first-order valence-corrected chi connectivity index (χ1v) is 9.90. The van der Waals surface area contributed by atoms with Gasteiger partial charge in [-0.2, -0.15) is 18.2 Å². The number of rotatable bonds is 7. The largest absolute Gasteiger partial charge is 0.494 e. The van der Waals surface area contributed by atoms with Gasteiger partial charge in [-0.05, 0) is 65.4 Å². The van der Waals surface area contributed by atoms with Crippen molar-refractivity contribution < 1.29 is 17.9 Å². The van der Waals surface area contributed by atoms with Crippen molar-refractivity contribution in [3.05, 3.63) is 63.9 Å². The van der Waals surface area contributed by atoms with Crippen LogP contribution in [-0.2, 0) is 6.18 Å². The molecule has 0 amide bonds. The Labute approximate surface area is 179 Å². The van der Waals surface area contributed by atoms with Gasteiger partial charge in [-0.1, -0.05) is 19.1 Å². The summed E-state index contributed by atoms with van der Waals surface area (Å²) < 4.78 is 46.5. The Morgan fingerprint density at radius 1 is 1.03 bits per heavy atom. The van der Waals surface area contributed by atoms with Crippen LogP contribution in [0.1, 0.15) is 18.9 Å². The lowest BCUT2D eigenvalue weighted by molar-refractivity contribution is -0.137. The van der Waals surface area contributed by atoms with Crippen LogP contribution in [-0.4, -0.2) is 16.6 Å². The second-order valence-corrected chi connectivity index (χ2v) is 7.22. The van der Waals surface area contributed by atoms with Crippen molar-refractivity contribution in [1.82, 2.24) is 9.97 Å². The van der Waals surface area contributed by atoms with Gasteiger partial charge in [0.15, 0.2) is 0 Å². The lowest BCUT2D eigenvalue weighted by Crippen LogP contribution is -2.13. The van der Waals surface area contributed by atoms with Gasteiger partial charge >= 0.3 is 6.18 Å². The minimum absolute atomic E-state index is 0.0497. The molecule has 0 spiro atoms. The molecule has 1 aromatic heterocycles. The van der Waals surface area contributed by atoms with Gasteiger partial charge in [0.05, 0.1) is 12.3 Å². The van der Waals surface area contributed by atoms with E-state index in [0.717, 1.165) is 16.2 Å². The second kappa shape index (κ2) is 9.29. The molecular formula is C20H18F3IN4O. The summed E-state index contributed by atoms with van der Waals surface area (Å²) in [5.41, 5.74) is 0.223. The van der Waals surface area contributed by atoms with Crippen LogP contribution in [0.4, 0.5) is 36.3 Å². The third-order valence-corrected chi connectivity index (χ3v) is 4.75. The Balaban J connectivity index is 1.86. The molecule has 5 nitrogen and oxygen atoms in total. The highest BCUT2D eigenvalue weighted by molar-refractivity contribution is 14.1. The predicted octanol–water partition coefficient (Wildman–Crippen LogP) is 6.38. The minimum Gasteiger partial charge on any atom is -0.494 e. The average Bonchev–Trinajstić information content (AvgIpc) is 2.68. The SMILES string of the molecule is CCCOc1ccc(Nc2ncc(C(F)(F)F)c(Nc3ccccc3I)n2)cc1. The Morgan fingerprint density at radius 2 is 1.76 bits per heavy atom. The summed E-state index contributed by atoms with van der Waals surface area (Å²) in [5.74, 6) is 0.447. The van der Waals surface area contributed by atoms with E-state index in [4.69, 9.17) is 4.74 Å². The highest BCUT2D eigenvalue weighted by Crippen LogP contribution is 2.36. The molecule has 152 valence electrons. The number of alkyl halides is 3. The number of nitrogens with one attached hydrogen (secondary N) is 2. The maximum atomic E-state index is 13.4. The van der Waals surface area contributed by atoms with Crippen LogP contribution in [0.15, 0.2) is 54.7 Å². The van der Waals surface area contributed by atoms with E-state index in [9.17, 15) is 13.2 Å². The van der Waals surface area contributed by atoms with Crippen molar-refractivity contribution in [2.45, 2.75) is 19.5 Å². The lowest BCUT2D eigenvalue weighted by atomic mass is 10.2. The number of aromatic nitrogens is 2. The first-order valence-electron chi connectivity index (χ1n) is 8.82. The summed E-state index contributed by atoms with van der Waals surface area (Å²) in [4.78, 5) is 7.88. The summed E-state index contributed by atoms with van der Waals surface area (Å²) in [6, 6.07) is 14.1. The van der Waals surface area contributed by atoms with E-state index in [0.29, 0.717) is 23.7 Å². The van der Waals surface area contributed by atoms with Crippen LogP contribution < -0.4 is 15.4 Å². The number of halogens is 4. The van der Waals surface area contributed by atoms with Gasteiger partial charge in [0.1, 0.15) is 17.1 Å². The summed E-state index contributed by atoms with van der Waals surface area (Å²) >= 11 is 2.04. The molecule has 1 heterocycles. The van der Waals surface area contributed by atoms with Crippen molar-refractivity contribution in [3.63, 3.8) is 0 Å². The molecule has 29 heavy (non-hydrogen) atoms. The number of para-hydroxylation sites is 1. The third-order valence-electron chi connectivity index (χ3n) is 3.80. The Morgan fingerprint density at radius 3 is 2.41 bits per heavy atom. The molecule has 0 atom stereocenters. The van der Waals surface area contributed by atoms with E-state index in [1.807, 2.05) is 29.5 Å². The van der Waals surface area contributed by atoms with E-state index in [1.165, 1.54) is 0 Å². The van der Waals surface area contributed by atoms with Crippen LogP contribution in [0.5, 0.6) is 5.75 Å². The highest BCUT2D eigenvalue weighted by atomic mass is 127. The van der Waals surface area contributed by atoms with Gasteiger partial charge in [-0.25, -0.2) is 4.98 Å². The van der Waals surface area contributed by atoms with Gasteiger partial charge in [0.25, 0.3) is 0 Å². The Hall–Kier alpha value is -2.56. The van der Waals surface area contributed by atoms with Crippen molar-refractivity contribution in [3.8, 4) is 5.75 Å². The predicted molar refractivity (Wildman–Crippen MR) is 115 cm³/mol. The highest BCUT2D eigenvalue weighted by Gasteiger charge is 2.35. The number of hydrogen-bond donors (Lipinski definition) is 2. The van der Waals surface area contributed by atoms with Gasteiger partial charge < -0.3 is 15.4 Å².